The maximum absolute atomic E-state index is 9.01. The smallest absolute Gasteiger partial charge is 0.187 e. The Morgan fingerprint density at radius 3 is 2.65 bits per heavy atom. The van der Waals surface area contributed by atoms with Crippen molar-refractivity contribution < 1.29 is 5.21 Å². The molecule has 2 rings (SSSR count). The molecule has 0 spiro atoms. The van der Waals surface area contributed by atoms with Gasteiger partial charge in [-0.1, -0.05) is 30.6 Å². The molecule has 20 heavy (non-hydrogen) atoms. The van der Waals surface area contributed by atoms with E-state index in [9.17, 15) is 0 Å². The van der Waals surface area contributed by atoms with Crippen molar-refractivity contribution in [1.82, 2.24) is 20.0 Å². The Morgan fingerprint density at radius 1 is 1.40 bits per heavy atom. The first kappa shape index (κ1) is 14.3. The third-order valence-electron chi connectivity index (χ3n) is 2.96. The van der Waals surface area contributed by atoms with E-state index in [0.717, 1.165) is 11.3 Å². The summed E-state index contributed by atoms with van der Waals surface area (Å²) in [6.45, 7) is 3.95. The molecular weight excluding hydrogens is 280 g/mol. The number of hydrogen-bond donors (Lipinski definition) is 2. The minimum Gasteiger partial charge on any atom is -0.409 e. The minimum absolute atomic E-state index is 0.0203. The topological polar surface area (TPSA) is 102 Å². The molecule has 0 bridgehead atoms. The number of hydrogen-bond acceptors (Lipinski definition) is 5. The van der Waals surface area contributed by atoms with Gasteiger partial charge in [0.1, 0.15) is 0 Å². The standard InChI is InChI=1S/C12H15ClN6O/c1-3-8-9(4-2)16-17-12(10(8)11(14)18-20)19-6-7(13)5-15-19/h5-6,20H,3-4H2,1-2H3,(H2,14,18). The molecule has 0 aliphatic carbocycles. The van der Waals surface area contributed by atoms with E-state index in [4.69, 9.17) is 22.5 Å². The number of aryl methyl sites for hydroxylation is 1. The van der Waals surface area contributed by atoms with E-state index in [1.54, 1.807) is 6.20 Å². The molecule has 2 aromatic rings. The first-order valence-corrected chi connectivity index (χ1v) is 6.57. The Balaban J connectivity index is 2.74. The summed E-state index contributed by atoms with van der Waals surface area (Å²) in [5, 5.41) is 25.0. The zero-order chi connectivity index (χ0) is 14.7. The highest BCUT2D eigenvalue weighted by molar-refractivity contribution is 6.30. The van der Waals surface area contributed by atoms with Crippen LogP contribution in [-0.2, 0) is 12.8 Å². The average molecular weight is 295 g/mol. The van der Waals surface area contributed by atoms with Crippen molar-refractivity contribution in [2.75, 3.05) is 0 Å². The van der Waals surface area contributed by atoms with Gasteiger partial charge in [-0.3, -0.25) is 0 Å². The maximum Gasteiger partial charge on any atom is 0.187 e. The van der Waals surface area contributed by atoms with Crippen molar-refractivity contribution in [3.05, 3.63) is 34.2 Å². The molecule has 8 heteroatoms. The van der Waals surface area contributed by atoms with Gasteiger partial charge in [-0.2, -0.15) is 10.2 Å². The molecule has 2 aromatic heterocycles. The molecular formula is C12H15ClN6O. The van der Waals surface area contributed by atoms with E-state index in [2.05, 4.69) is 20.5 Å². The number of oxime groups is 1. The SMILES string of the molecule is CCc1nnc(-n2cc(Cl)cn2)c(/C(N)=N/O)c1CC. The first-order chi connectivity index (χ1) is 9.62. The highest BCUT2D eigenvalue weighted by Gasteiger charge is 2.19. The van der Waals surface area contributed by atoms with Gasteiger partial charge in [0, 0.05) is 0 Å². The summed E-state index contributed by atoms with van der Waals surface area (Å²) >= 11 is 5.87. The zero-order valence-electron chi connectivity index (χ0n) is 11.2. The van der Waals surface area contributed by atoms with Gasteiger partial charge in [-0.15, -0.1) is 5.10 Å². The van der Waals surface area contributed by atoms with Crippen molar-refractivity contribution in [3.8, 4) is 5.82 Å². The molecule has 0 atom stereocenters. The molecule has 0 amide bonds. The molecule has 106 valence electrons. The fourth-order valence-electron chi connectivity index (χ4n) is 2.06. The average Bonchev–Trinajstić information content (AvgIpc) is 2.91. The van der Waals surface area contributed by atoms with Crippen molar-refractivity contribution in [2.24, 2.45) is 10.9 Å². The molecule has 0 saturated heterocycles. The number of nitrogens with two attached hydrogens (primary N) is 1. The molecule has 7 nitrogen and oxygen atoms in total. The van der Waals surface area contributed by atoms with Gasteiger partial charge >= 0.3 is 0 Å². The molecule has 0 unspecified atom stereocenters. The van der Waals surface area contributed by atoms with E-state index < -0.39 is 0 Å². The van der Waals surface area contributed by atoms with Gasteiger partial charge in [0.2, 0.25) is 0 Å². The minimum atomic E-state index is -0.0203. The summed E-state index contributed by atoms with van der Waals surface area (Å²) in [4.78, 5) is 0. The lowest BCUT2D eigenvalue weighted by molar-refractivity contribution is 0.318. The first-order valence-electron chi connectivity index (χ1n) is 6.19. The Morgan fingerprint density at radius 2 is 2.15 bits per heavy atom. The molecule has 0 fully saturated rings. The van der Waals surface area contributed by atoms with Crippen molar-refractivity contribution in [3.63, 3.8) is 0 Å². The van der Waals surface area contributed by atoms with Crippen LogP contribution >= 0.6 is 11.6 Å². The van der Waals surface area contributed by atoms with E-state index in [0.29, 0.717) is 29.2 Å². The van der Waals surface area contributed by atoms with Crippen LogP contribution in [0.25, 0.3) is 5.82 Å². The van der Waals surface area contributed by atoms with Crippen LogP contribution in [0.5, 0.6) is 0 Å². The van der Waals surface area contributed by atoms with Crippen molar-refractivity contribution >= 4 is 17.4 Å². The number of rotatable bonds is 4. The van der Waals surface area contributed by atoms with Crippen molar-refractivity contribution in [1.29, 1.82) is 0 Å². The van der Waals surface area contributed by atoms with Crippen molar-refractivity contribution in [2.45, 2.75) is 26.7 Å². The van der Waals surface area contributed by atoms with Crippen LogP contribution in [0.4, 0.5) is 0 Å². The van der Waals surface area contributed by atoms with Crippen LogP contribution in [0, 0.1) is 0 Å². The molecule has 0 aliphatic heterocycles. The Hall–Kier alpha value is -2.15. The van der Waals surface area contributed by atoms with Gasteiger partial charge < -0.3 is 10.9 Å². The molecule has 0 aliphatic rings. The van der Waals surface area contributed by atoms with Gasteiger partial charge in [-0.05, 0) is 18.4 Å². The van der Waals surface area contributed by atoms with E-state index in [-0.39, 0.29) is 5.84 Å². The summed E-state index contributed by atoms with van der Waals surface area (Å²) in [6, 6.07) is 0. The third kappa shape index (κ3) is 2.44. The summed E-state index contributed by atoms with van der Waals surface area (Å²) in [6.07, 6.45) is 4.47. The quantitative estimate of drug-likeness (QED) is 0.385. The monoisotopic (exact) mass is 294 g/mol. The van der Waals surface area contributed by atoms with E-state index in [1.807, 2.05) is 13.8 Å². The predicted octanol–water partition coefficient (Wildman–Crippen LogP) is 1.54. The molecule has 0 aromatic carbocycles. The highest BCUT2D eigenvalue weighted by Crippen LogP contribution is 2.20. The lowest BCUT2D eigenvalue weighted by Gasteiger charge is -2.14. The maximum atomic E-state index is 9.01. The highest BCUT2D eigenvalue weighted by atomic mass is 35.5. The largest absolute Gasteiger partial charge is 0.409 e. The molecule has 0 saturated carbocycles. The van der Waals surface area contributed by atoms with Crippen LogP contribution in [-0.4, -0.2) is 31.0 Å². The fourth-order valence-corrected chi connectivity index (χ4v) is 2.19. The second-order valence-electron chi connectivity index (χ2n) is 4.12. The number of amidine groups is 1. The second-order valence-corrected chi connectivity index (χ2v) is 4.56. The number of aromatic nitrogens is 4. The summed E-state index contributed by atoms with van der Waals surface area (Å²) < 4.78 is 1.46. The molecule has 3 N–H and O–H groups in total. The number of nitrogens with zero attached hydrogens (tertiary/aromatic N) is 5. The van der Waals surface area contributed by atoms with E-state index >= 15 is 0 Å². The van der Waals surface area contributed by atoms with Crippen LogP contribution in [0.1, 0.15) is 30.7 Å². The van der Waals surface area contributed by atoms with Gasteiger partial charge in [-0.25, -0.2) is 4.68 Å². The third-order valence-corrected chi connectivity index (χ3v) is 3.15. The van der Waals surface area contributed by atoms with Gasteiger partial charge in [0.15, 0.2) is 11.7 Å². The van der Waals surface area contributed by atoms with Crippen LogP contribution in [0.3, 0.4) is 0 Å². The summed E-state index contributed by atoms with van der Waals surface area (Å²) in [7, 11) is 0. The fraction of sp³-hybridized carbons (Fsp3) is 0.333. The molecule has 2 heterocycles. The Labute approximate surface area is 121 Å². The van der Waals surface area contributed by atoms with Crippen LogP contribution < -0.4 is 5.73 Å². The second kappa shape index (κ2) is 5.87. The predicted molar refractivity (Wildman–Crippen MR) is 75.4 cm³/mol. The van der Waals surface area contributed by atoms with Gasteiger partial charge in [0.05, 0.1) is 28.7 Å². The molecule has 0 radical (unpaired) electrons. The lowest BCUT2D eigenvalue weighted by atomic mass is 10.0. The summed E-state index contributed by atoms with van der Waals surface area (Å²) in [5.41, 5.74) is 8.03. The van der Waals surface area contributed by atoms with E-state index in [1.165, 1.54) is 10.9 Å². The van der Waals surface area contributed by atoms with Crippen LogP contribution in [0.2, 0.25) is 5.02 Å². The Bertz CT molecular complexity index is 651. The Kier molecular flexibility index (Phi) is 4.19. The number of halogens is 1. The normalized spacial score (nSPS) is 11.8. The lowest BCUT2D eigenvalue weighted by Crippen LogP contribution is -2.22. The van der Waals surface area contributed by atoms with Crippen LogP contribution in [0.15, 0.2) is 17.5 Å². The summed E-state index contributed by atoms with van der Waals surface area (Å²) in [5.74, 6) is 0.370. The zero-order valence-corrected chi connectivity index (χ0v) is 12.0. The van der Waals surface area contributed by atoms with Gasteiger partial charge in [0.25, 0.3) is 0 Å².